The Bertz CT molecular complexity index is 2390. The fraction of sp³-hybridized carbons (Fsp3) is 0.820. The van der Waals surface area contributed by atoms with E-state index in [0.717, 1.165) is 86.7 Å². The molecule has 0 bridgehead atoms. The number of allylic oxidation sites excluding steroid dienone is 2. The summed E-state index contributed by atoms with van der Waals surface area (Å²) in [6.07, 6.45) is 112. The molecule has 1 aliphatic rings. The van der Waals surface area contributed by atoms with Crippen molar-refractivity contribution in [2.45, 2.75) is 588 Å². The normalized spacial score (nSPS) is 12.0. The Balaban J connectivity index is 0.00000240. The topological polar surface area (TPSA) is 25.3 Å². The van der Waals surface area contributed by atoms with Crippen molar-refractivity contribution in [1.29, 1.82) is 0 Å². The standard InChI is InChI=1S/C69H114N2.2C21H43.Ni/c1-7-13-19-23-27-29-31-32-33-34-35-37-39-43-47-53-67-66(52-46-42-38-36-30-28-24-20-14-8-2)68(64-56-60(48-17-11-5)54-62(58-64)50-44-40-25-21-15-9-3)71(70)69(67)65-57-61(49-18-12-6)55-63(59-65)51-45-41-26-22-16-10-4;2*1-3-5-7-9-11-13-15-17-19-21-20-18-16-14-12-10-8-6-4-2;/h54-59H,7-46,48-52H2,1-6H3;2*1,3-21H2,2H3;/q;2*-1;+2. The van der Waals surface area contributed by atoms with Crippen molar-refractivity contribution in [3.8, 4) is 11.8 Å². The van der Waals surface area contributed by atoms with E-state index in [1.54, 1.807) is 4.70 Å². The second-order valence-corrected chi connectivity index (χ2v) is 36.1. The van der Waals surface area contributed by atoms with Crippen LogP contribution in [0.2, 0.25) is 0 Å². The molecular formula is C111H200N2Ni. The molecule has 0 amide bonds. The summed E-state index contributed by atoms with van der Waals surface area (Å²) in [5.74, 6) is 7.66. The van der Waals surface area contributed by atoms with Crippen LogP contribution in [-0.2, 0) is 42.2 Å². The zero-order valence-electron chi connectivity index (χ0n) is 78.8. The van der Waals surface area contributed by atoms with Crippen LogP contribution in [0.4, 0.5) is 0 Å². The van der Waals surface area contributed by atoms with Gasteiger partial charge >= 0.3 is 16.5 Å². The van der Waals surface area contributed by atoms with Gasteiger partial charge in [0.2, 0.25) is 11.4 Å². The van der Waals surface area contributed by atoms with E-state index in [-0.39, 0.29) is 16.5 Å². The molecule has 2 aromatic rings. The van der Waals surface area contributed by atoms with Crippen molar-refractivity contribution in [2.75, 3.05) is 0 Å². The van der Waals surface area contributed by atoms with Gasteiger partial charge in [0.05, 0.1) is 0 Å². The van der Waals surface area contributed by atoms with Crippen molar-refractivity contribution >= 4 is 11.4 Å². The van der Waals surface area contributed by atoms with Gasteiger partial charge in [-0.1, -0.05) is 522 Å². The van der Waals surface area contributed by atoms with Gasteiger partial charge in [-0.25, -0.2) is 4.70 Å². The minimum absolute atomic E-state index is 0. The monoisotopic (exact) mass is 1620 g/mol. The Morgan fingerprint density at radius 3 is 0.658 bits per heavy atom. The maximum Gasteiger partial charge on any atom is 2.00 e. The van der Waals surface area contributed by atoms with Crippen LogP contribution < -0.4 is 0 Å². The molecule has 0 saturated heterocycles. The summed E-state index contributed by atoms with van der Waals surface area (Å²) in [6.45, 7) is 26.3. The summed E-state index contributed by atoms with van der Waals surface area (Å²) in [6, 6.07) is 14.8. The van der Waals surface area contributed by atoms with Crippen LogP contribution in [0.15, 0.2) is 47.5 Å². The van der Waals surface area contributed by atoms with Crippen LogP contribution >= 0.6 is 0 Å². The molecule has 114 heavy (non-hydrogen) atoms. The van der Waals surface area contributed by atoms with Crippen LogP contribution in [0.25, 0.3) is 16.9 Å². The molecule has 2 nitrogen and oxygen atoms in total. The minimum Gasteiger partial charge on any atom is -0.493 e. The molecule has 664 valence electrons. The summed E-state index contributed by atoms with van der Waals surface area (Å²) < 4.78 is 1.65. The van der Waals surface area contributed by atoms with Crippen molar-refractivity contribution in [3.05, 3.63) is 100 Å². The Morgan fingerprint density at radius 2 is 0.421 bits per heavy atom. The van der Waals surface area contributed by atoms with Gasteiger partial charge in [-0.05, 0) is 117 Å². The molecule has 0 atom stereocenters. The number of unbranched alkanes of at least 4 members (excludes halogenated alkanes) is 70. The fourth-order valence-electron chi connectivity index (χ4n) is 17.2. The predicted molar refractivity (Wildman–Crippen MR) is 514 cm³/mol. The fourth-order valence-corrected chi connectivity index (χ4v) is 17.2. The van der Waals surface area contributed by atoms with E-state index >= 15 is 0 Å². The SMILES string of the molecule is CCCCCCCCCCCCCCCC#CC1=C(c2cc(CCCC)cc(CCCCCCCC)c2)[N+](=[N-])C(c2cc(CCCC)cc(CCCCCCCC)c2)=C1CCCCCCCCCCCC.[CH2-]CCCCCCCCCCCCCCCCCCCC.[CH2-]CCCCCCCCCCCCCCCCCCCC.[Ni+2]. The van der Waals surface area contributed by atoms with Crippen LogP contribution in [0.1, 0.15) is 596 Å². The van der Waals surface area contributed by atoms with Crippen LogP contribution in [-0.4, -0.2) is 4.70 Å². The second-order valence-electron chi connectivity index (χ2n) is 36.1. The smallest absolute Gasteiger partial charge is 0.493 e. The Hall–Kier alpha value is -2.43. The van der Waals surface area contributed by atoms with Gasteiger partial charge in [0.15, 0.2) is 0 Å². The molecule has 0 spiro atoms. The summed E-state index contributed by atoms with van der Waals surface area (Å²) in [4.78, 5) is 0. The Labute approximate surface area is 728 Å². The Morgan fingerprint density at radius 1 is 0.228 bits per heavy atom. The first-order valence-electron chi connectivity index (χ1n) is 52.1. The largest absolute Gasteiger partial charge is 2.00 e. The average molecular weight is 1620 g/mol. The van der Waals surface area contributed by atoms with Crippen LogP contribution in [0.3, 0.4) is 0 Å². The van der Waals surface area contributed by atoms with Gasteiger partial charge in [0, 0.05) is 23.1 Å². The van der Waals surface area contributed by atoms with E-state index in [1.807, 2.05) is 0 Å². The van der Waals surface area contributed by atoms with Crippen molar-refractivity contribution in [1.82, 2.24) is 0 Å². The van der Waals surface area contributed by atoms with Gasteiger partial charge in [-0.3, -0.25) is 0 Å². The molecule has 1 aliphatic heterocycles. The molecule has 0 N–H and O–H groups in total. The molecule has 0 aliphatic carbocycles. The van der Waals surface area contributed by atoms with E-state index in [0.29, 0.717) is 0 Å². The van der Waals surface area contributed by atoms with Gasteiger partial charge in [0.1, 0.15) is 5.57 Å². The number of hydrogen-bond acceptors (Lipinski definition) is 0. The third-order valence-electron chi connectivity index (χ3n) is 24.8. The van der Waals surface area contributed by atoms with E-state index in [4.69, 9.17) is 0 Å². The summed E-state index contributed by atoms with van der Waals surface area (Å²) >= 11 is 0. The number of hydrogen-bond donors (Lipinski definition) is 0. The van der Waals surface area contributed by atoms with E-state index in [1.165, 1.54) is 502 Å². The van der Waals surface area contributed by atoms with Crippen molar-refractivity contribution in [3.63, 3.8) is 0 Å². The van der Waals surface area contributed by atoms with Crippen molar-refractivity contribution in [2.24, 2.45) is 0 Å². The molecule has 3 rings (SSSR count). The molecule has 0 unspecified atom stereocenters. The van der Waals surface area contributed by atoms with Gasteiger partial charge < -0.3 is 19.4 Å². The number of rotatable bonds is 82. The van der Waals surface area contributed by atoms with E-state index in [2.05, 4.69) is 117 Å². The summed E-state index contributed by atoms with van der Waals surface area (Å²) in [7, 11) is 0. The second kappa shape index (κ2) is 89.8. The average Bonchev–Trinajstić information content (AvgIpc) is 1.60. The van der Waals surface area contributed by atoms with E-state index in [9.17, 15) is 5.53 Å². The summed E-state index contributed by atoms with van der Waals surface area (Å²) in [5.41, 5.74) is 25.5. The zero-order valence-corrected chi connectivity index (χ0v) is 79.8. The van der Waals surface area contributed by atoms with Gasteiger partial charge in [-0.15, -0.1) is 0 Å². The molecule has 1 heterocycles. The number of benzene rings is 2. The predicted octanol–water partition coefficient (Wildman–Crippen LogP) is 39.6. The first-order chi connectivity index (χ1) is 55.8. The first-order valence-corrected chi connectivity index (χ1v) is 52.1. The summed E-state index contributed by atoms with van der Waals surface area (Å²) in [5, 5.41) is 0. The van der Waals surface area contributed by atoms with Crippen LogP contribution in [0.5, 0.6) is 0 Å². The molecule has 2 aromatic carbocycles. The molecule has 0 fully saturated rings. The third kappa shape index (κ3) is 67.3. The first kappa shape index (κ1) is 112. The molecule has 3 heteroatoms. The van der Waals surface area contributed by atoms with E-state index < -0.39 is 0 Å². The van der Waals surface area contributed by atoms with Gasteiger partial charge in [0.25, 0.3) is 0 Å². The molecule has 0 radical (unpaired) electrons. The zero-order chi connectivity index (χ0) is 81.7. The third-order valence-corrected chi connectivity index (χ3v) is 24.8. The quantitative estimate of drug-likeness (QED) is 0.0207. The number of aryl methyl sites for hydroxylation is 4. The van der Waals surface area contributed by atoms with Gasteiger partial charge in [-0.2, -0.15) is 12.8 Å². The van der Waals surface area contributed by atoms with Crippen molar-refractivity contribution < 1.29 is 21.2 Å². The van der Waals surface area contributed by atoms with Crippen LogP contribution in [0, 0.1) is 25.7 Å². The Kier molecular flexibility index (Phi) is 87.9. The maximum absolute atomic E-state index is 13.0. The minimum atomic E-state index is 0. The number of nitrogens with zero attached hydrogens (tertiary/aromatic N) is 2. The molecule has 0 saturated carbocycles. The molecule has 0 aromatic heterocycles. The maximum atomic E-state index is 13.0. The molecular weight excluding hydrogens is 1420 g/mol.